The number of sulfone groups is 1. The number of rotatable bonds is 7. The normalized spacial score (nSPS) is 17.3. The SMILES string of the molecule is CS(=O)(=O)c1ccc(-c2cnc(CN(C3CC3)C3CCN(c4ncccn4)CC3)cn2)c(F)c1. The third-order valence-corrected chi connectivity index (χ3v) is 7.59. The predicted molar refractivity (Wildman–Crippen MR) is 126 cm³/mol. The summed E-state index contributed by atoms with van der Waals surface area (Å²) in [5.74, 6) is 0.163. The molecule has 3 heterocycles. The van der Waals surface area contributed by atoms with Crippen LogP contribution in [0.3, 0.4) is 0 Å². The van der Waals surface area contributed by atoms with Crippen LogP contribution in [0.2, 0.25) is 0 Å². The first-order valence-corrected chi connectivity index (χ1v) is 13.4. The first-order valence-electron chi connectivity index (χ1n) is 11.5. The second-order valence-corrected chi connectivity index (χ2v) is 11.0. The number of nitrogens with zero attached hydrogens (tertiary/aromatic N) is 6. The minimum Gasteiger partial charge on any atom is -0.341 e. The maximum Gasteiger partial charge on any atom is 0.225 e. The molecule has 0 unspecified atom stereocenters. The van der Waals surface area contributed by atoms with Gasteiger partial charge in [-0.3, -0.25) is 14.9 Å². The van der Waals surface area contributed by atoms with Crippen LogP contribution >= 0.6 is 0 Å². The van der Waals surface area contributed by atoms with Gasteiger partial charge in [0.15, 0.2) is 9.84 Å². The highest BCUT2D eigenvalue weighted by molar-refractivity contribution is 7.90. The average molecular weight is 483 g/mol. The van der Waals surface area contributed by atoms with Gasteiger partial charge in [0, 0.05) is 55.9 Å². The van der Waals surface area contributed by atoms with E-state index in [1.807, 2.05) is 6.07 Å². The van der Waals surface area contributed by atoms with Crippen molar-refractivity contribution in [1.82, 2.24) is 24.8 Å². The number of anilines is 1. The number of hydrogen-bond acceptors (Lipinski definition) is 8. The Hall–Kier alpha value is -2.98. The number of piperidine rings is 1. The van der Waals surface area contributed by atoms with Crippen molar-refractivity contribution in [3.05, 3.63) is 60.6 Å². The third kappa shape index (κ3) is 5.07. The maximum atomic E-state index is 14.5. The second kappa shape index (κ2) is 9.34. The molecular weight excluding hydrogens is 455 g/mol. The second-order valence-electron chi connectivity index (χ2n) is 8.98. The molecule has 0 amide bonds. The molecule has 2 fully saturated rings. The van der Waals surface area contributed by atoms with Crippen molar-refractivity contribution in [2.45, 2.75) is 49.2 Å². The van der Waals surface area contributed by atoms with E-state index in [1.165, 1.54) is 25.0 Å². The Morgan fingerprint density at radius 1 is 1.00 bits per heavy atom. The van der Waals surface area contributed by atoms with Gasteiger partial charge < -0.3 is 4.90 Å². The van der Waals surface area contributed by atoms with Crippen LogP contribution in [-0.2, 0) is 16.4 Å². The molecule has 5 rings (SSSR count). The lowest BCUT2D eigenvalue weighted by molar-refractivity contribution is 0.149. The van der Waals surface area contributed by atoms with Crippen LogP contribution in [0.1, 0.15) is 31.4 Å². The highest BCUT2D eigenvalue weighted by Crippen LogP contribution is 2.33. The Morgan fingerprint density at radius 3 is 2.29 bits per heavy atom. The van der Waals surface area contributed by atoms with Gasteiger partial charge in [-0.05, 0) is 49.9 Å². The van der Waals surface area contributed by atoms with Crippen LogP contribution in [0.5, 0.6) is 0 Å². The molecule has 0 radical (unpaired) electrons. The van der Waals surface area contributed by atoms with Crippen LogP contribution in [0.4, 0.5) is 10.3 Å². The largest absolute Gasteiger partial charge is 0.341 e. The van der Waals surface area contributed by atoms with E-state index in [1.54, 1.807) is 24.8 Å². The highest BCUT2D eigenvalue weighted by Gasteiger charge is 2.36. The zero-order chi connectivity index (χ0) is 23.7. The van der Waals surface area contributed by atoms with E-state index in [4.69, 9.17) is 0 Å². The fraction of sp³-hybridized carbons (Fsp3) is 0.417. The summed E-state index contributed by atoms with van der Waals surface area (Å²) in [5, 5.41) is 0. The van der Waals surface area contributed by atoms with Gasteiger partial charge in [0.05, 0.1) is 28.7 Å². The molecule has 0 spiro atoms. The Kier molecular flexibility index (Phi) is 6.26. The molecule has 2 aromatic heterocycles. The third-order valence-electron chi connectivity index (χ3n) is 6.48. The highest BCUT2D eigenvalue weighted by atomic mass is 32.2. The smallest absolute Gasteiger partial charge is 0.225 e. The standard InChI is InChI=1S/C24H27FN6O2S/c1-34(32,33)20-5-6-21(22(25)13-20)23-15-28-17(14-29-23)16-31(18-3-4-18)19-7-11-30(12-8-19)24-26-9-2-10-27-24/h2,5-6,9-10,13-15,18-19H,3-4,7-8,11-12,16H2,1H3. The van der Waals surface area contributed by atoms with E-state index in [9.17, 15) is 12.8 Å². The van der Waals surface area contributed by atoms with Crippen LogP contribution in [-0.4, -0.2) is 64.7 Å². The Morgan fingerprint density at radius 2 is 1.71 bits per heavy atom. The molecule has 178 valence electrons. The zero-order valence-corrected chi connectivity index (χ0v) is 19.8. The fourth-order valence-electron chi connectivity index (χ4n) is 4.51. The average Bonchev–Trinajstić information content (AvgIpc) is 3.69. The van der Waals surface area contributed by atoms with Crippen molar-refractivity contribution in [2.75, 3.05) is 24.2 Å². The molecule has 8 nitrogen and oxygen atoms in total. The van der Waals surface area contributed by atoms with Gasteiger partial charge in [-0.2, -0.15) is 0 Å². The van der Waals surface area contributed by atoms with Gasteiger partial charge in [-0.1, -0.05) is 0 Å². The van der Waals surface area contributed by atoms with Crippen molar-refractivity contribution in [2.24, 2.45) is 0 Å². The van der Waals surface area contributed by atoms with Crippen molar-refractivity contribution in [3.63, 3.8) is 0 Å². The first-order chi connectivity index (χ1) is 16.4. The van der Waals surface area contributed by atoms with Gasteiger partial charge >= 0.3 is 0 Å². The van der Waals surface area contributed by atoms with Crippen LogP contribution in [0.15, 0.2) is 53.9 Å². The van der Waals surface area contributed by atoms with Crippen molar-refractivity contribution in [1.29, 1.82) is 0 Å². The molecule has 1 aliphatic heterocycles. The van der Waals surface area contributed by atoms with E-state index in [0.717, 1.165) is 49.9 Å². The monoisotopic (exact) mass is 482 g/mol. The molecular formula is C24H27FN6O2S. The summed E-state index contributed by atoms with van der Waals surface area (Å²) >= 11 is 0. The minimum absolute atomic E-state index is 0.0525. The van der Waals surface area contributed by atoms with E-state index < -0.39 is 15.7 Å². The topological polar surface area (TPSA) is 92.2 Å². The Labute approximate surface area is 198 Å². The molecule has 0 N–H and O–H groups in total. The van der Waals surface area contributed by atoms with Crippen LogP contribution < -0.4 is 4.90 Å². The quantitative estimate of drug-likeness (QED) is 0.507. The summed E-state index contributed by atoms with van der Waals surface area (Å²) in [4.78, 5) is 22.4. The molecule has 0 bridgehead atoms. The zero-order valence-electron chi connectivity index (χ0n) is 19.0. The lowest BCUT2D eigenvalue weighted by Crippen LogP contribution is -2.46. The number of hydrogen-bond donors (Lipinski definition) is 0. The van der Waals surface area contributed by atoms with Gasteiger partial charge in [-0.25, -0.2) is 22.8 Å². The Balaban J connectivity index is 1.26. The van der Waals surface area contributed by atoms with E-state index in [0.29, 0.717) is 24.3 Å². The van der Waals surface area contributed by atoms with Gasteiger partial charge in [0.25, 0.3) is 0 Å². The van der Waals surface area contributed by atoms with Crippen LogP contribution in [0.25, 0.3) is 11.3 Å². The van der Waals surface area contributed by atoms with Crippen molar-refractivity contribution >= 4 is 15.8 Å². The van der Waals surface area contributed by atoms with E-state index >= 15 is 0 Å². The number of benzene rings is 1. The molecule has 3 aromatic rings. The van der Waals surface area contributed by atoms with Crippen molar-refractivity contribution in [3.8, 4) is 11.3 Å². The molecule has 34 heavy (non-hydrogen) atoms. The summed E-state index contributed by atoms with van der Waals surface area (Å²) in [5.41, 5.74) is 1.47. The molecule has 10 heteroatoms. The molecule has 2 aliphatic rings. The summed E-state index contributed by atoms with van der Waals surface area (Å²) in [6.45, 7) is 2.55. The molecule has 1 saturated carbocycles. The first kappa shape index (κ1) is 22.8. The lowest BCUT2D eigenvalue weighted by atomic mass is 10.0. The Bertz CT molecular complexity index is 1240. The molecule has 1 aromatic carbocycles. The van der Waals surface area contributed by atoms with Gasteiger partial charge in [-0.15, -0.1) is 0 Å². The van der Waals surface area contributed by atoms with Crippen molar-refractivity contribution < 1.29 is 12.8 Å². The predicted octanol–water partition coefficient (Wildman–Crippen LogP) is 3.11. The fourth-order valence-corrected chi connectivity index (χ4v) is 5.14. The summed E-state index contributed by atoms with van der Waals surface area (Å²) in [6, 6.07) is 6.74. The summed E-state index contributed by atoms with van der Waals surface area (Å²) in [7, 11) is -3.47. The number of halogens is 1. The molecule has 1 saturated heterocycles. The van der Waals surface area contributed by atoms with Crippen LogP contribution in [0, 0.1) is 5.82 Å². The minimum atomic E-state index is -3.47. The summed E-state index contributed by atoms with van der Waals surface area (Å²) < 4.78 is 37.8. The molecule has 1 aliphatic carbocycles. The number of aromatic nitrogens is 4. The molecule has 0 atom stereocenters. The van der Waals surface area contributed by atoms with E-state index in [-0.39, 0.29) is 10.5 Å². The summed E-state index contributed by atoms with van der Waals surface area (Å²) in [6.07, 6.45) is 12.3. The van der Waals surface area contributed by atoms with Gasteiger partial charge in [0.2, 0.25) is 5.95 Å². The lowest BCUT2D eigenvalue weighted by Gasteiger charge is -2.38. The maximum absolute atomic E-state index is 14.5. The van der Waals surface area contributed by atoms with Gasteiger partial charge in [0.1, 0.15) is 5.82 Å². The van der Waals surface area contributed by atoms with E-state index in [2.05, 4.69) is 29.7 Å².